The molecule has 0 radical (unpaired) electrons. The third-order valence-electron chi connectivity index (χ3n) is 6.99. The summed E-state index contributed by atoms with van der Waals surface area (Å²) in [5, 5.41) is 0. The fourth-order valence-electron chi connectivity index (χ4n) is 4.88. The summed E-state index contributed by atoms with van der Waals surface area (Å²) in [6, 6.07) is 6.90. The van der Waals surface area contributed by atoms with Gasteiger partial charge in [-0.15, -0.1) is 0 Å². The molecule has 1 aromatic carbocycles. The Balaban J connectivity index is 1.30. The number of halogens is 3. The molecule has 0 bridgehead atoms. The van der Waals surface area contributed by atoms with Crippen molar-refractivity contribution < 1.29 is 22.7 Å². The predicted molar refractivity (Wildman–Crippen MR) is 137 cm³/mol. The van der Waals surface area contributed by atoms with Gasteiger partial charge in [-0.1, -0.05) is 26.8 Å². The predicted octanol–water partition coefficient (Wildman–Crippen LogP) is 4.68. The third-order valence-corrected chi connectivity index (χ3v) is 6.99. The van der Waals surface area contributed by atoms with Gasteiger partial charge in [-0.3, -0.25) is 9.69 Å². The summed E-state index contributed by atoms with van der Waals surface area (Å²) < 4.78 is 45.9. The van der Waals surface area contributed by atoms with Gasteiger partial charge >= 0.3 is 6.18 Å². The molecule has 0 N–H and O–H groups in total. The van der Waals surface area contributed by atoms with Crippen LogP contribution >= 0.6 is 0 Å². The average Bonchev–Trinajstić information content (AvgIpc) is 2.86. The van der Waals surface area contributed by atoms with Gasteiger partial charge in [0.2, 0.25) is 5.91 Å². The van der Waals surface area contributed by atoms with Gasteiger partial charge in [0, 0.05) is 56.2 Å². The maximum Gasteiger partial charge on any atom is 0.433 e. The highest BCUT2D eigenvalue weighted by Crippen LogP contribution is 2.35. The SMILES string of the molecule is COc1cccc2c1CCC(=O)N2CCCCN1CCN(c2cc(C(F)(F)F)nc(C(C)(C)C)n2)CC1. The number of hydrogen-bond donors (Lipinski definition) is 0. The van der Waals surface area contributed by atoms with Crippen LogP contribution in [-0.4, -0.2) is 67.2 Å². The average molecular weight is 520 g/mol. The van der Waals surface area contributed by atoms with Crippen molar-refractivity contribution in [1.29, 1.82) is 0 Å². The molecule has 2 aromatic rings. The highest BCUT2D eigenvalue weighted by molar-refractivity contribution is 5.96. The number of ether oxygens (including phenoxy) is 1. The number of unbranched alkanes of at least 4 members (excludes halogenated alkanes) is 1. The molecule has 10 heteroatoms. The molecule has 4 rings (SSSR count). The molecule has 0 unspecified atom stereocenters. The Hall–Kier alpha value is -2.88. The summed E-state index contributed by atoms with van der Waals surface area (Å²) in [5.74, 6) is 1.51. The Morgan fingerprint density at radius 3 is 2.32 bits per heavy atom. The van der Waals surface area contributed by atoms with E-state index in [0.29, 0.717) is 38.3 Å². The number of fused-ring (bicyclic) bond motifs is 1. The zero-order chi connectivity index (χ0) is 26.8. The first kappa shape index (κ1) is 27.2. The van der Waals surface area contributed by atoms with Gasteiger partial charge in [0.05, 0.1) is 12.8 Å². The Labute approximate surface area is 216 Å². The van der Waals surface area contributed by atoms with Gasteiger partial charge in [-0.05, 0) is 37.9 Å². The van der Waals surface area contributed by atoms with Crippen LogP contribution in [0.2, 0.25) is 0 Å². The number of hydrogen-bond acceptors (Lipinski definition) is 6. The van der Waals surface area contributed by atoms with E-state index < -0.39 is 17.3 Å². The maximum atomic E-state index is 13.5. The van der Waals surface area contributed by atoms with Crippen LogP contribution in [0.15, 0.2) is 24.3 Å². The van der Waals surface area contributed by atoms with Crippen molar-refractivity contribution in [2.24, 2.45) is 0 Å². The zero-order valence-corrected chi connectivity index (χ0v) is 22.1. The first-order valence-electron chi connectivity index (χ1n) is 12.9. The number of anilines is 2. The van der Waals surface area contributed by atoms with E-state index in [1.54, 1.807) is 7.11 Å². The number of benzene rings is 1. The van der Waals surface area contributed by atoms with Gasteiger partial charge in [-0.2, -0.15) is 13.2 Å². The van der Waals surface area contributed by atoms with Crippen molar-refractivity contribution in [2.45, 2.75) is 58.0 Å². The summed E-state index contributed by atoms with van der Waals surface area (Å²) in [6.07, 6.45) is -1.51. The van der Waals surface area contributed by atoms with E-state index in [4.69, 9.17) is 4.74 Å². The molecule has 0 saturated carbocycles. The van der Waals surface area contributed by atoms with Gasteiger partial charge < -0.3 is 14.5 Å². The topological polar surface area (TPSA) is 61.8 Å². The van der Waals surface area contributed by atoms with E-state index in [1.165, 1.54) is 0 Å². The quantitative estimate of drug-likeness (QED) is 0.495. The van der Waals surface area contributed by atoms with Crippen LogP contribution < -0.4 is 14.5 Å². The molecule has 202 valence electrons. The molecule has 1 saturated heterocycles. The second kappa shape index (κ2) is 10.8. The lowest BCUT2D eigenvalue weighted by molar-refractivity contribution is -0.141. The smallest absolute Gasteiger partial charge is 0.433 e. The Bertz CT molecular complexity index is 1080. The monoisotopic (exact) mass is 519 g/mol. The van der Waals surface area contributed by atoms with Crippen LogP contribution in [0.3, 0.4) is 0 Å². The number of alkyl halides is 3. The number of amides is 1. The molecule has 3 heterocycles. The van der Waals surface area contributed by atoms with Gasteiger partial charge in [0.15, 0.2) is 0 Å². The molecule has 1 fully saturated rings. The van der Waals surface area contributed by atoms with Crippen molar-refractivity contribution in [3.05, 3.63) is 41.3 Å². The summed E-state index contributed by atoms with van der Waals surface area (Å²) >= 11 is 0. The molecular formula is C27H36F3N5O2. The summed E-state index contributed by atoms with van der Waals surface area (Å²) in [5.41, 5.74) is 0.561. The van der Waals surface area contributed by atoms with Crippen LogP contribution in [-0.2, 0) is 22.8 Å². The number of carbonyl (C=O) groups is 1. The number of aromatic nitrogens is 2. The minimum Gasteiger partial charge on any atom is -0.496 e. The number of piperazine rings is 1. The Kier molecular flexibility index (Phi) is 7.96. The first-order chi connectivity index (χ1) is 17.5. The summed E-state index contributed by atoms with van der Waals surface area (Å²) in [6.45, 7) is 9.70. The van der Waals surface area contributed by atoms with Crippen LogP contribution in [0.5, 0.6) is 5.75 Å². The van der Waals surface area contributed by atoms with Crippen molar-refractivity contribution in [3.8, 4) is 5.75 Å². The van der Waals surface area contributed by atoms with Crippen molar-refractivity contribution >= 4 is 17.4 Å². The molecule has 0 aliphatic carbocycles. The first-order valence-corrected chi connectivity index (χ1v) is 12.9. The molecule has 0 spiro atoms. The van der Waals surface area contributed by atoms with Crippen LogP contribution in [0.25, 0.3) is 0 Å². The van der Waals surface area contributed by atoms with E-state index in [9.17, 15) is 18.0 Å². The fraction of sp³-hybridized carbons (Fsp3) is 0.593. The maximum absolute atomic E-state index is 13.5. The lowest BCUT2D eigenvalue weighted by atomic mass is 9.95. The van der Waals surface area contributed by atoms with Crippen LogP contribution in [0.1, 0.15) is 57.1 Å². The minimum atomic E-state index is -4.51. The second-order valence-electron chi connectivity index (χ2n) is 10.7. The zero-order valence-electron chi connectivity index (χ0n) is 22.1. The van der Waals surface area contributed by atoms with Gasteiger partial charge in [0.25, 0.3) is 0 Å². The third kappa shape index (κ3) is 6.34. The highest BCUT2D eigenvalue weighted by atomic mass is 19.4. The number of rotatable bonds is 7. The lowest BCUT2D eigenvalue weighted by Gasteiger charge is -2.36. The standard InChI is InChI=1S/C27H36F3N5O2/c1-26(2,3)25-31-22(27(28,29)30)18-23(32-25)34-16-14-33(15-17-34)12-5-6-13-35-20-8-7-9-21(37-4)19(20)10-11-24(35)36/h7-9,18H,5-6,10-17H2,1-4H3. The summed E-state index contributed by atoms with van der Waals surface area (Å²) in [7, 11) is 1.65. The minimum absolute atomic E-state index is 0.145. The van der Waals surface area contributed by atoms with E-state index in [0.717, 1.165) is 55.5 Å². The highest BCUT2D eigenvalue weighted by Gasteiger charge is 2.36. The van der Waals surface area contributed by atoms with Crippen LogP contribution in [0.4, 0.5) is 24.7 Å². The normalized spacial score (nSPS) is 17.2. The molecule has 2 aliphatic heterocycles. The van der Waals surface area contributed by atoms with Gasteiger partial charge in [-0.25, -0.2) is 9.97 Å². The molecule has 1 amide bonds. The lowest BCUT2D eigenvalue weighted by Crippen LogP contribution is -2.47. The Morgan fingerprint density at radius 2 is 1.68 bits per heavy atom. The van der Waals surface area contributed by atoms with E-state index in [1.807, 2.05) is 48.8 Å². The van der Waals surface area contributed by atoms with E-state index in [-0.39, 0.29) is 11.7 Å². The van der Waals surface area contributed by atoms with Crippen molar-refractivity contribution in [1.82, 2.24) is 14.9 Å². The molecule has 7 nitrogen and oxygen atoms in total. The van der Waals surface area contributed by atoms with Crippen molar-refractivity contribution in [3.63, 3.8) is 0 Å². The van der Waals surface area contributed by atoms with Crippen molar-refractivity contribution in [2.75, 3.05) is 56.2 Å². The Morgan fingerprint density at radius 1 is 0.973 bits per heavy atom. The molecule has 1 aromatic heterocycles. The number of carbonyl (C=O) groups excluding carboxylic acids is 1. The van der Waals surface area contributed by atoms with E-state index >= 15 is 0 Å². The number of nitrogens with zero attached hydrogens (tertiary/aromatic N) is 5. The fourth-order valence-corrected chi connectivity index (χ4v) is 4.88. The largest absolute Gasteiger partial charge is 0.496 e. The van der Waals surface area contributed by atoms with Gasteiger partial charge in [0.1, 0.15) is 23.1 Å². The van der Waals surface area contributed by atoms with Crippen LogP contribution in [0, 0.1) is 0 Å². The molecule has 0 atom stereocenters. The second-order valence-corrected chi connectivity index (χ2v) is 10.7. The van der Waals surface area contributed by atoms with E-state index in [2.05, 4.69) is 14.9 Å². The molecule has 37 heavy (non-hydrogen) atoms. The molecule has 2 aliphatic rings. The molecular weight excluding hydrogens is 483 g/mol. The summed E-state index contributed by atoms with van der Waals surface area (Å²) in [4.78, 5) is 27.0. The number of methoxy groups -OCH3 is 1.